The molecule has 0 spiro atoms. The number of allylic oxidation sites excluding steroid dienone is 1. The number of pyridine rings is 1. The van der Waals surface area contributed by atoms with E-state index in [9.17, 15) is 4.79 Å². The van der Waals surface area contributed by atoms with Gasteiger partial charge in [-0.1, -0.05) is 36.4 Å². The summed E-state index contributed by atoms with van der Waals surface area (Å²) < 4.78 is 4.22. The highest BCUT2D eigenvalue weighted by molar-refractivity contribution is 6.10. The Labute approximate surface area is 159 Å². The summed E-state index contributed by atoms with van der Waals surface area (Å²) in [6.45, 7) is 9.74. The lowest BCUT2D eigenvalue weighted by atomic mass is 10.00. The number of nitrogens with zero attached hydrogens (tertiary/aromatic N) is 2. The summed E-state index contributed by atoms with van der Waals surface area (Å²) in [5.74, 6) is 0. The van der Waals surface area contributed by atoms with Crippen LogP contribution in [0.2, 0.25) is 0 Å². The van der Waals surface area contributed by atoms with Gasteiger partial charge in [0.15, 0.2) is 0 Å². The molecule has 0 fully saturated rings. The van der Waals surface area contributed by atoms with Crippen LogP contribution < -0.4 is 5.56 Å². The van der Waals surface area contributed by atoms with Crippen molar-refractivity contribution in [3.63, 3.8) is 0 Å². The van der Waals surface area contributed by atoms with E-state index in [2.05, 4.69) is 54.5 Å². The van der Waals surface area contributed by atoms with Gasteiger partial charge >= 0.3 is 0 Å². The SMILES string of the molecule is C=CCc1c(-c2ccccc2)n(CC)c2ccc3c(ccc(=O)n3CC)c12. The third-order valence-electron chi connectivity index (χ3n) is 5.33. The van der Waals surface area contributed by atoms with Crippen molar-refractivity contribution in [2.24, 2.45) is 0 Å². The summed E-state index contributed by atoms with van der Waals surface area (Å²) in [4.78, 5) is 12.3. The monoisotopic (exact) mass is 356 g/mol. The lowest BCUT2D eigenvalue weighted by Gasteiger charge is -2.10. The lowest BCUT2D eigenvalue weighted by Crippen LogP contribution is -2.17. The fraction of sp³-hybridized carbons (Fsp3) is 0.208. The van der Waals surface area contributed by atoms with E-state index in [4.69, 9.17) is 0 Å². The van der Waals surface area contributed by atoms with Crippen molar-refractivity contribution in [1.29, 1.82) is 0 Å². The van der Waals surface area contributed by atoms with Gasteiger partial charge in [0.1, 0.15) is 0 Å². The number of hydrogen-bond acceptors (Lipinski definition) is 1. The average Bonchev–Trinajstić information content (AvgIpc) is 3.02. The zero-order valence-electron chi connectivity index (χ0n) is 15.9. The highest BCUT2D eigenvalue weighted by atomic mass is 16.1. The quantitative estimate of drug-likeness (QED) is 0.440. The summed E-state index contributed by atoms with van der Waals surface area (Å²) >= 11 is 0. The van der Waals surface area contributed by atoms with Crippen LogP contribution in [0.1, 0.15) is 19.4 Å². The first kappa shape index (κ1) is 17.3. The molecule has 0 N–H and O–H groups in total. The van der Waals surface area contributed by atoms with Crippen LogP contribution in [0, 0.1) is 0 Å². The molecule has 0 aliphatic heterocycles. The lowest BCUT2D eigenvalue weighted by molar-refractivity contribution is 0.760. The fourth-order valence-corrected chi connectivity index (χ4v) is 4.23. The fourth-order valence-electron chi connectivity index (χ4n) is 4.23. The molecule has 0 bridgehead atoms. The van der Waals surface area contributed by atoms with Gasteiger partial charge in [-0.25, -0.2) is 0 Å². The van der Waals surface area contributed by atoms with Gasteiger partial charge in [-0.2, -0.15) is 0 Å². The molecule has 3 heteroatoms. The smallest absolute Gasteiger partial charge is 0.251 e. The first-order chi connectivity index (χ1) is 13.2. The normalized spacial score (nSPS) is 11.3. The second-order valence-corrected chi connectivity index (χ2v) is 6.74. The van der Waals surface area contributed by atoms with Crippen molar-refractivity contribution >= 4 is 21.8 Å². The van der Waals surface area contributed by atoms with Crippen LogP contribution in [0.15, 0.2) is 72.0 Å². The van der Waals surface area contributed by atoms with Crippen molar-refractivity contribution in [3.8, 4) is 11.3 Å². The van der Waals surface area contributed by atoms with Crippen molar-refractivity contribution in [3.05, 3.63) is 83.2 Å². The van der Waals surface area contributed by atoms with Gasteiger partial charge in [-0.15, -0.1) is 6.58 Å². The molecular formula is C24H24N2O. The van der Waals surface area contributed by atoms with Gasteiger partial charge in [0.25, 0.3) is 5.56 Å². The molecule has 2 aromatic carbocycles. The van der Waals surface area contributed by atoms with Gasteiger partial charge in [0.2, 0.25) is 0 Å². The van der Waals surface area contributed by atoms with E-state index in [0.29, 0.717) is 6.54 Å². The van der Waals surface area contributed by atoms with E-state index in [1.165, 1.54) is 27.7 Å². The van der Waals surface area contributed by atoms with Gasteiger partial charge in [0, 0.05) is 35.4 Å². The molecule has 0 saturated carbocycles. The average molecular weight is 356 g/mol. The largest absolute Gasteiger partial charge is 0.341 e. The number of hydrogen-bond donors (Lipinski definition) is 0. The highest BCUT2D eigenvalue weighted by Crippen LogP contribution is 2.38. The Balaban J connectivity index is 2.22. The Bertz CT molecular complexity index is 1200. The maximum atomic E-state index is 12.3. The van der Waals surface area contributed by atoms with Crippen LogP contribution in [0.4, 0.5) is 0 Å². The van der Waals surface area contributed by atoms with E-state index in [1.807, 2.05) is 29.7 Å². The van der Waals surface area contributed by atoms with Crippen LogP contribution in [0.25, 0.3) is 33.1 Å². The number of fused-ring (bicyclic) bond motifs is 3. The minimum absolute atomic E-state index is 0.0489. The van der Waals surface area contributed by atoms with Gasteiger partial charge in [-0.3, -0.25) is 4.79 Å². The topological polar surface area (TPSA) is 26.9 Å². The van der Waals surface area contributed by atoms with Crippen LogP contribution in [-0.2, 0) is 19.5 Å². The Kier molecular flexibility index (Phi) is 4.44. The van der Waals surface area contributed by atoms with E-state index in [0.717, 1.165) is 23.9 Å². The van der Waals surface area contributed by atoms with Gasteiger partial charge < -0.3 is 9.13 Å². The molecule has 0 saturated heterocycles. The standard InChI is InChI=1S/C24H24N2O/c1-4-10-19-23-18-13-16-22(27)25(5-2)20(18)14-15-21(23)26(6-3)24(19)17-11-8-7-9-12-17/h4,7-9,11-16H,1,5-6,10H2,2-3H3. The predicted octanol–water partition coefficient (Wildman–Crippen LogP) is 5.39. The molecule has 0 radical (unpaired) electrons. The maximum absolute atomic E-state index is 12.3. The first-order valence-electron chi connectivity index (χ1n) is 9.55. The Morgan fingerprint density at radius 1 is 0.889 bits per heavy atom. The summed E-state index contributed by atoms with van der Waals surface area (Å²) in [6.07, 6.45) is 2.76. The molecule has 0 amide bonds. The minimum atomic E-state index is 0.0489. The molecule has 136 valence electrons. The van der Waals surface area contributed by atoms with E-state index in [1.54, 1.807) is 6.07 Å². The number of aromatic nitrogens is 2. The van der Waals surface area contributed by atoms with Crippen molar-refractivity contribution in [1.82, 2.24) is 9.13 Å². The van der Waals surface area contributed by atoms with Crippen LogP contribution in [0.5, 0.6) is 0 Å². The Morgan fingerprint density at radius 2 is 1.59 bits per heavy atom. The second-order valence-electron chi connectivity index (χ2n) is 6.74. The summed E-state index contributed by atoms with van der Waals surface area (Å²) in [6, 6.07) is 18.4. The molecule has 2 heterocycles. The second kappa shape index (κ2) is 6.92. The maximum Gasteiger partial charge on any atom is 0.251 e. The minimum Gasteiger partial charge on any atom is -0.341 e. The van der Waals surface area contributed by atoms with Crippen LogP contribution in [0.3, 0.4) is 0 Å². The van der Waals surface area contributed by atoms with Crippen molar-refractivity contribution in [2.75, 3.05) is 0 Å². The Hall–Kier alpha value is -3.07. The zero-order chi connectivity index (χ0) is 19.0. The molecule has 27 heavy (non-hydrogen) atoms. The molecule has 3 nitrogen and oxygen atoms in total. The molecule has 4 aromatic rings. The van der Waals surface area contributed by atoms with Gasteiger partial charge in [-0.05, 0) is 49.6 Å². The molecule has 0 aliphatic carbocycles. The molecule has 2 aromatic heterocycles. The highest BCUT2D eigenvalue weighted by Gasteiger charge is 2.19. The van der Waals surface area contributed by atoms with E-state index >= 15 is 0 Å². The number of benzene rings is 2. The van der Waals surface area contributed by atoms with Gasteiger partial charge in [0.05, 0.1) is 11.2 Å². The van der Waals surface area contributed by atoms with Crippen LogP contribution in [-0.4, -0.2) is 9.13 Å². The van der Waals surface area contributed by atoms with Crippen molar-refractivity contribution in [2.45, 2.75) is 33.4 Å². The molecule has 0 unspecified atom stereocenters. The zero-order valence-corrected chi connectivity index (χ0v) is 15.9. The molecular weight excluding hydrogens is 332 g/mol. The third kappa shape index (κ3) is 2.62. The summed E-state index contributed by atoms with van der Waals surface area (Å²) in [7, 11) is 0. The Morgan fingerprint density at radius 3 is 2.26 bits per heavy atom. The number of aryl methyl sites for hydroxylation is 2. The van der Waals surface area contributed by atoms with E-state index < -0.39 is 0 Å². The molecule has 4 rings (SSSR count). The molecule has 0 atom stereocenters. The predicted molar refractivity (Wildman–Crippen MR) is 114 cm³/mol. The van der Waals surface area contributed by atoms with Crippen molar-refractivity contribution < 1.29 is 0 Å². The summed E-state index contributed by atoms with van der Waals surface area (Å²) in [5, 5.41) is 2.37. The number of rotatable bonds is 5. The van der Waals surface area contributed by atoms with Crippen LogP contribution >= 0.6 is 0 Å². The molecule has 0 aliphatic rings. The third-order valence-corrected chi connectivity index (χ3v) is 5.33. The van der Waals surface area contributed by atoms with E-state index in [-0.39, 0.29) is 5.56 Å². The summed E-state index contributed by atoms with van der Waals surface area (Å²) in [5.41, 5.74) is 5.99. The first-order valence-corrected chi connectivity index (χ1v) is 9.55.